The number of thiophene rings is 1. The second kappa shape index (κ2) is 7.79. The zero-order chi connectivity index (χ0) is 18.5. The SMILES string of the molecule is COc1ccc(-c2cc(N)c(C(=O)N/N=C(/C)c3cccnc3)s2)cc1. The van der Waals surface area contributed by atoms with Gasteiger partial charge in [0.2, 0.25) is 0 Å². The first kappa shape index (κ1) is 17.6. The molecule has 0 saturated heterocycles. The Kier molecular flexibility index (Phi) is 5.28. The van der Waals surface area contributed by atoms with Crippen LogP contribution < -0.4 is 15.9 Å². The van der Waals surface area contributed by atoms with E-state index in [0.29, 0.717) is 16.3 Å². The van der Waals surface area contributed by atoms with E-state index < -0.39 is 0 Å². The molecule has 2 aromatic heterocycles. The Bertz CT molecular complexity index is 934. The number of pyridine rings is 1. The summed E-state index contributed by atoms with van der Waals surface area (Å²) < 4.78 is 5.16. The van der Waals surface area contributed by atoms with E-state index in [4.69, 9.17) is 10.5 Å². The van der Waals surface area contributed by atoms with Gasteiger partial charge in [0.1, 0.15) is 10.6 Å². The highest BCUT2D eigenvalue weighted by Crippen LogP contribution is 2.33. The van der Waals surface area contributed by atoms with Crippen molar-refractivity contribution in [3.8, 4) is 16.2 Å². The molecule has 0 unspecified atom stereocenters. The fourth-order valence-electron chi connectivity index (χ4n) is 2.31. The second-order valence-corrected chi connectivity index (χ2v) is 6.56. The largest absolute Gasteiger partial charge is 0.497 e. The Morgan fingerprint density at radius 3 is 2.69 bits per heavy atom. The highest BCUT2D eigenvalue weighted by molar-refractivity contribution is 7.18. The van der Waals surface area contributed by atoms with E-state index >= 15 is 0 Å². The number of nitrogens with one attached hydrogen (secondary N) is 1. The lowest BCUT2D eigenvalue weighted by atomic mass is 10.2. The molecule has 6 nitrogen and oxygen atoms in total. The predicted octanol–water partition coefficient (Wildman–Crippen LogP) is 3.55. The number of carbonyl (C=O) groups is 1. The molecule has 0 atom stereocenters. The molecule has 132 valence electrons. The first-order valence-electron chi connectivity index (χ1n) is 7.87. The molecule has 0 radical (unpaired) electrons. The maximum absolute atomic E-state index is 12.4. The van der Waals surface area contributed by atoms with Gasteiger partial charge >= 0.3 is 0 Å². The van der Waals surface area contributed by atoms with Crippen LogP contribution in [-0.4, -0.2) is 23.7 Å². The normalized spacial score (nSPS) is 11.2. The number of benzene rings is 1. The molecule has 0 spiro atoms. The molecule has 0 bridgehead atoms. The van der Waals surface area contributed by atoms with Crippen LogP contribution in [0.5, 0.6) is 5.75 Å². The van der Waals surface area contributed by atoms with Crippen molar-refractivity contribution in [2.45, 2.75) is 6.92 Å². The molecule has 0 saturated carbocycles. The van der Waals surface area contributed by atoms with Crippen LogP contribution in [-0.2, 0) is 0 Å². The van der Waals surface area contributed by atoms with Crippen LogP contribution in [0.3, 0.4) is 0 Å². The highest BCUT2D eigenvalue weighted by atomic mass is 32.1. The summed E-state index contributed by atoms with van der Waals surface area (Å²) >= 11 is 1.32. The lowest BCUT2D eigenvalue weighted by molar-refractivity contribution is 0.0959. The minimum Gasteiger partial charge on any atom is -0.497 e. The summed E-state index contributed by atoms with van der Waals surface area (Å²) in [5.41, 5.74) is 11.5. The number of nitrogens with zero attached hydrogens (tertiary/aromatic N) is 2. The molecule has 3 N–H and O–H groups in total. The number of methoxy groups -OCH3 is 1. The number of hydrazone groups is 1. The molecular formula is C19H18N4O2S. The maximum atomic E-state index is 12.4. The number of rotatable bonds is 5. The Hall–Kier alpha value is -3.19. The molecule has 3 rings (SSSR count). The summed E-state index contributed by atoms with van der Waals surface area (Å²) in [6, 6.07) is 13.1. The molecule has 0 aliphatic rings. The third-order valence-electron chi connectivity index (χ3n) is 3.75. The van der Waals surface area contributed by atoms with Crippen LogP contribution in [0.15, 0.2) is 60.0 Å². The zero-order valence-electron chi connectivity index (χ0n) is 14.4. The Balaban J connectivity index is 1.76. The Morgan fingerprint density at radius 2 is 2.04 bits per heavy atom. The van der Waals surface area contributed by atoms with Gasteiger partial charge in [-0.15, -0.1) is 11.3 Å². The second-order valence-electron chi connectivity index (χ2n) is 5.50. The topological polar surface area (TPSA) is 89.6 Å². The van der Waals surface area contributed by atoms with E-state index in [-0.39, 0.29) is 5.91 Å². The number of nitrogens with two attached hydrogens (primary N) is 1. The van der Waals surface area contributed by atoms with Crippen LogP contribution in [0.2, 0.25) is 0 Å². The number of nitrogen functional groups attached to an aromatic ring is 1. The fourth-order valence-corrected chi connectivity index (χ4v) is 3.28. The van der Waals surface area contributed by atoms with E-state index in [1.165, 1.54) is 11.3 Å². The summed E-state index contributed by atoms with van der Waals surface area (Å²) in [6.07, 6.45) is 3.37. The minimum absolute atomic E-state index is 0.337. The van der Waals surface area contributed by atoms with E-state index in [1.54, 1.807) is 32.5 Å². The van der Waals surface area contributed by atoms with Gasteiger partial charge in [-0.1, -0.05) is 6.07 Å². The molecule has 3 aromatic rings. The van der Waals surface area contributed by atoms with Gasteiger partial charge in [-0.2, -0.15) is 5.10 Å². The van der Waals surface area contributed by atoms with Crippen LogP contribution >= 0.6 is 11.3 Å². The molecule has 0 aliphatic heterocycles. The quantitative estimate of drug-likeness (QED) is 0.534. The van der Waals surface area contributed by atoms with Crippen molar-refractivity contribution in [1.29, 1.82) is 0 Å². The summed E-state index contributed by atoms with van der Waals surface area (Å²) in [4.78, 5) is 17.8. The van der Waals surface area contributed by atoms with Crippen molar-refractivity contribution in [2.24, 2.45) is 5.10 Å². The average molecular weight is 366 g/mol. The molecule has 1 aromatic carbocycles. The summed E-state index contributed by atoms with van der Waals surface area (Å²) in [5.74, 6) is 0.437. The number of anilines is 1. The van der Waals surface area contributed by atoms with Crippen LogP contribution in [0.1, 0.15) is 22.2 Å². The first-order valence-corrected chi connectivity index (χ1v) is 8.69. The number of hydrogen-bond acceptors (Lipinski definition) is 6. The molecule has 1 amide bonds. The summed E-state index contributed by atoms with van der Waals surface area (Å²) in [5, 5.41) is 4.13. The monoisotopic (exact) mass is 366 g/mol. The van der Waals surface area contributed by atoms with Gasteiger partial charge in [0.15, 0.2) is 0 Å². The Labute approximate surface area is 155 Å². The fraction of sp³-hybridized carbons (Fsp3) is 0.105. The number of carbonyl (C=O) groups excluding carboxylic acids is 1. The van der Waals surface area contributed by atoms with Gasteiger partial charge in [-0.3, -0.25) is 9.78 Å². The first-order chi connectivity index (χ1) is 12.6. The van der Waals surface area contributed by atoms with Crippen molar-refractivity contribution in [3.63, 3.8) is 0 Å². The van der Waals surface area contributed by atoms with Crippen molar-refractivity contribution < 1.29 is 9.53 Å². The van der Waals surface area contributed by atoms with Gasteiger partial charge in [0.25, 0.3) is 5.91 Å². The standard InChI is InChI=1S/C19H18N4O2S/c1-12(14-4-3-9-21-11-14)22-23-19(24)18-16(20)10-17(26-18)13-5-7-15(25-2)8-6-13/h3-11H,20H2,1-2H3,(H,23,24)/b22-12-. The molecular weight excluding hydrogens is 348 g/mol. The Morgan fingerprint density at radius 1 is 1.27 bits per heavy atom. The highest BCUT2D eigenvalue weighted by Gasteiger charge is 2.15. The van der Waals surface area contributed by atoms with Gasteiger partial charge in [0, 0.05) is 22.8 Å². The van der Waals surface area contributed by atoms with E-state index in [9.17, 15) is 4.79 Å². The van der Waals surface area contributed by atoms with Crippen molar-refractivity contribution in [2.75, 3.05) is 12.8 Å². The van der Waals surface area contributed by atoms with Gasteiger partial charge < -0.3 is 10.5 Å². The van der Waals surface area contributed by atoms with Gasteiger partial charge in [-0.05, 0) is 48.9 Å². The van der Waals surface area contributed by atoms with Gasteiger partial charge in [0.05, 0.1) is 18.5 Å². The molecule has 0 aliphatic carbocycles. The lowest BCUT2D eigenvalue weighted by Gasteiger charge is -2.02. The molecule has 7 heteroatoms. The molecule has 2 heterocycles. The minimum atomic E-state index is -0.337. The number of ether oxygens (including phenoxy) is 1. The van der Waals surface area contributed by atoms with E-state index in [0.717, 1.165) is 21.8 Å². The number of hydrogen-bond donors (Lipinski definition) is 2. The number of aromatic nitrogens is 1. The number of amides is 1. The maximum Gasteiger partial charge on any atom is 0.283 e. The van der Waals surface area contributed by atoms with Crippen molar-refractivity contribution >= 4 is 28.6 Å². The van der Waals surface area contributed by atoms with E-state index in [2.05, 4.69) is 15.5 Å². The van der Waals surface area contributed by atoms with Crippen LogP contribution in [0, 0.1) is 0 Å². The smallest absolute Gasteiger partial charge is 0.283 e. The van der Waals surface area contributed by atoms with E-state index in [1.807, 2.05) is 36.4 Å². The summed E-state index contributed by atoms with van der Waals surface area (Å²) in [7, 11) is 1.62. The van der Waals surface area contributed by atoms with Crippen molar-refractivity contribution in [1.82, 2.24) is 10.4 Å². The third kappa shape index (κ3) is 3.89. The van der Waals surface area contributed by atoms with Crippen LogP contribution in [0.25, 0.3) is 10.4 Å². The summed E-state index contributed by atoms with van der Waals surface area (Å²) in [6.45, 7) is 1.80. The van der Waals surface area contributed by atoms with Crippen molar-refractivity contribution in [3.05, 3.63) is 65.3 Å². The van der Waals surface area contributed by atoms with Gasteiger partial charge in [-0.25, -0.2) is 5.43 Å². The lowest BCUT2D eigenvalue weighted by Crippen LogP contribution is -2.19. The average Bonchev–Trinajstić information content (AvgIpc) is 3.08. The predicted molar refractivity (Wildman–Crippen MR) is 105 cm³/mol. The zero-order valence-corrected chi connectivity index (χ0v) is 15.2. The third-order valence-corrected chi connectivity index (χ3v) is 4.94. The van der Waals surface area contributed by atoms with Crippen LogP contribution in [0.4, 0.5) is 5.69 Å². The molecule has 0 fully saturated rings. The molecule has 26 heavy (non-hydrogen) atoms.